The minimum absolute atomic E-state index is 0.0267. The number of carbonyl (C=O) groups excluding carboxylic acids is 1. The Balaban J connectivity index is 1.53. The summed E-state index contributed by atoms with van der Waals surface area (Å²) in [6.45, 7) is 4.41. The fourth-order valence-electron chi connectivity index (χ4n) is 4.69. The fourth-order valence-corrected chi connectivity index (χ4v) is 6.12. The van der Waals surface area contributed by atoms with E-state index in [1.807, 2.05) is 25.1 Å². The molecule has 216 valence electrons. The molecule has 4 aromatic carbocycles. The molecule has 4 aromatic rings. The van der Waals surface area contributed by atoms with Crippen LogP contribution in [0.5, 0.6) is 17.2 Å². The molecule has 0 aliphatic carbocycles. The predicted octanol–water partition coefficient (Wildman–Crippen LogP) is 5.45. The van der Waals surface area contributed by atoms with E-state index in [1.54, 1.807) is 24.3 Å². The lowest BCUT2D eigenvalue weighted by atomic mass is 9.96. The number of nitrogens with one attached hydrogen (secondary N) is 1. The Labute approximate surface area is 241 Å². The van der Waals surface area contributed by atoms with Crippen LogP contribution in [0.1, 0.15) is 19.4 Å². The molecular weight excluding hydrogens is 540 g/mol. The van der Waals surface area contributed by atoms with E-state index in [9.17, 15) is 13.2 Å². The molecule has 0 aromatic heterocycles. The number of benzene rings is 4. The quantitative estimate of drug-likeness (QED) is 0.228. The summed E-state index contributed by atoms with van der Waals surface area (Å²) < 4.78 is 44.9. The SMILES string of the molecule is CCOc1ccc(N(CC(=O)NCC(C)Cc2cccc3ccccc23)S(=O)(=O)c2ccc(OC)c(OC)c2)cc1. The molecule has 0 heterocycles. The number of hydrogen-bond donors (Lipinski definition) is 1. The topological polar surface area (TPSA) is 94.2 Å². The number of fused-ring (bicyclic) bond motifs is 1. The van der Waals surface area contributed by atoms with Crippen molar-refractivity contribution in [2.45, 2.75) is 25.2 Å². The highest BCUT2D eigenvalue weighted by molar-refractivity contribution is 7.92. The van der Waals surface area contributed by atoms with Crippen molar-refractivity contribution in [3.05, 3.63) is 90.5 Å². The number of methoxy groups -OCH3 is 2. The van der Waals surface area contributed by atoms with Gasteiger partial charge >= 0.3 is 0 Å². The Morgan fingerprint density at radius 2 is 1.61 bits per heavy atom. The second-order valence-corrected chi connectivity index (χ2v) is 11.6. The molecule has 0 fully saturated rings. The van der Waals surface area contributed by atoms with Crippen LogP contribution in [0.4, 0.5) is 5.69 Å². The molecule has 1 atom stereocenters. The molecule has 1 unspecified atom stereocenters. The van der Waals surface area contributed by atoms with Crippen LogP contribution >= 0.6 is 0 Å². The summed E-state index contributed by atoms with van der Waals surface area (Å²) in [5, 5.41) is 5.30. The summed E-state index contributed by atoms with van der Waals surface area (Å²) in [7, 11) is -1.24. The zero-order valence-corrected chi connectivity index (χ0v) is 24.6. The van der Waals surface area contributed by atoms with Gasteiger partial charge in [0.15, 0.2) is 11.5 Å². The van der Waals surface area contributed by atoms with Gasteiger partial charge in [0.1, 0.15) is 12.3 Å². The van der Waals surface area contributed by atoms with Gasteiger partial charge in [-0.1, -0.05) is 49.4 Å². The number of carbonyl (C=O) groups is 1. The van der Waals surface area contributed by atoms with Crippen LogP contribution in [0.15, 0.2) is 89.8 Å². The highest BCUT2D eigenvalue weighted by Crippen LogP contribution is 2.32. The Hall–Kier alpha value is -4.24. The lowest BCUT2D eigenvalue weighted by Gasteiger charge is -2.25. The number of nitrogens with zero attached hydrogens (tertiary/aromatic N) is 1. The first-order valence-electron chi connectivity index (χ1n) is 13.5. The first-order valence-corrected chi connectivity index (χ1v) is 14.9. The number of sulfonamides is 1. The van der Waals surface area contributed by atoms with E-state index in [0.29, 0.717) is 30.3 Å². The van der Waals surface area contributed by atoms with E-state index >= 15 is 0 Å². The molecule has 0 bridgehead atoms. The lowest BCUT2D eigenvalue weighted by molar-refractivity contribution is -0.119. The molecule has 1 N–H and O–H groups in total. The van der Waals surface area contributed by atoms with Gasteiger partial charge in [0.25, 0.3) is 10.0 Å². The molecule has 0 spiro atoms. The van der Waals surface area contributed by atoms with Crippen LogP contribution < -0.4 is 23.8 Å². The van der Waals surface area contributed by atoms with Crippen molar-refractivity contribution in [2.24, 2.45) is 5.92 Å². The normalized spacial score (nSPS) is 12.0. The second kappa shape index (κ2) is 13.4. The number of ether oxygens (including phenoxy) is 3. The molecular formula is C32H36N2O6S. The third-order valence-electron chi connectivity index (χ3n) is 6.76. The highest BCUT2D eigenvalue weighted by atomic mass is 32.2. The highest BCUT2D eigenvalue weighted by Gasteiger charge is 2.28. The van der Waals surface area contributed by atoms with E-state index < -0.39 is 22.5 Å². The summed E-state index contributed by atoms with van der Waals surface area (Å²) in [5.74, 6) is 0.995. The molecule has 0 radical (unpaired) electrons. The maximum Gasteiger partial charge on any atom is 0.264 e. The molecule has 4 rings (SSSR count). The van der Waals surface area contributed by atoms with Crippen molar-refractivity contribution in [2.75, 3.05) is 38.2 Å². The van der Waals surface area contributed by atoms with Crippen molar-refractivity contribution in [3.63, 3.8) is 0 Å². The largest absolute Gasteiger partial charge is 0.494 e. The van der Waals surface area contributed by atoms with Crippen molar-refractivity contribution in [1.29, 1.82) is 0 Å². The number of amides is 1. The van der Waals surface area contributed by atoms with E-state index in [1.165, 1.54) is 48.8 Å². The standard InChI is InChI=1S/C32H36N2O6S/c1-5-40-27-15-13-26(14-16-27)34(41(36,37)28-17-18-30(38-3)31(20-28)39-4)22-32(35)33-21-23(2)19-25-11-8-10-24-9-6-7-12-29(24)25/h6-18,20,23H,5,19,21-22H2,1-4H3,(H,33,35). The van der Waals surface area contributed by atoms with Crippen molar-refractivity contribution >= 4 is 32.4 Å². The molecule has 0 saturated heterocycles. The van der Waals surface area contributed by atoms with Crippen molar-refractivity contribution in [1.82, 2.24) is 5.32 Å². The van der Waals surface area contributed by atoms with Gasteiger partial charge in [-0.15, -0.1) is 0 Å². The van der Waals surface area contributed by atoms with Crippen LogP contribution in [0.2, 0.25) is 0 Å². The van der Waals surface area contributed by atoms with Gasteiger partial charge < -0.3 is 19.5 Å². The van der Waals surface area contributed by atoms with Gasteiger partial charge in [-0.05, 0) is 72.0 Å². The van der Waals surface area contributed by atoms with Gasteiger partial charge in [0.05, 0.1) is 31.4 Å². The van der Waals surface area contributed by atoms with Gasteiger partial charge in [-0.2, -0.15) is 0 Å². The maximum absolute atomic E-state index is 13.9. The lowest BCUT2D eigenvalue weighted by Crippen LogP contribution is -2.42. The van der Waals surface area contributed by atoms with Crippen LogP contribution in [0, 0.1) is 5.92 Å². The van der Waals surface area contributed by atoms with Gasteiger partial charge in [-0.25, -0.2) is 8.42 Å². The monoisotopic (exact) mass is 576 g/mol. The van der Waals surface area contributed by atoms with Crippen LogP contribution in [0.25, 0.3) is 10.8 Å². The summed E-state index contributed by atoms with van der Waals surface area (Å²) >= 11 is 0. The molecule has 0 saturated carbocycles. The van der Waals surface area contributed by atoms with Gasteiger partial charge in [0.2, 0.25) is 5.91 Å². The summed E-state index contributed by atoms with van der Waals surface area (Å²) in [4.78, 5) is 13.2. The summed E-state index contributed by atoms with van der Waals surface area (Å²) in [6.07, 6.45) is 0.772. The van der Waals surface area contributed by atoms with Gasteiger partial charge in [-0.3, -0.25) is 9.10 Å². The first kappa shape index (κ1) is 29.7. The molecule has 0 aliphatic heterocycles. The third-order valence-corrected chi connectivity index (χ3v) is 8.53. The van der Waals surface area contributed by atoms with E-state index in [0.717, 1.165) is 10.7 Å². The third kappa shape index (κ3) is 7.10. The Kier molecular flexibility index (Phi) is 9.73. The molecule has 8 nitrogen and oxygen atoms in total. The summed E-state index contributed by atoms with van der Waals surface area (Å²) in [5.41, 5.74) is 1.54. The average Bonchev–Trinajstić information content (AvgIpc) is 2.99. The summed E-state index contributed by atoms with van der Waals surface area (Å²) in [6, 6.07) is 25.4. The zero-order valence-electron chi connectivity index (χ0n) is 23.8. The minimum atomic E-state index is -4.15. The Bertz CT molecular complexity index is 1580. The molecule has 9 heteroatoms. The van der Waals surface area contributed by atoms with E-state index in [2.05, 4.69) is 36.5 Å². The van der Waals surface area contributed by atoms with Gasteiger partial charge in [0, 0.05) is 12.6 Å². The fraction of sp³-hybridized carbons (Fsp3) is 0.281. The van der Waals surface area contributed by atoms with Crippen molar-refractivity contribution < 1.29 is 27.4 Å². The van der Waals surface area contributed by atoms with E-state index in [-0.39, 0.29) is 16.6 Å². The maximum atomic E-state index is 13.9. The number of anilines is 1. The second-order valence-electron chi connectivity index (χ2n) is 9.71. The molecule has 41 heavy (non-hydrogen) atoms. The first-order chi connectivity index (χ1) is 19.8. The number of hydrogen-bond acceptors (Lipinski definition) is 6. The Morgan fingerprint density at radius 1 is 0.902 bits per heavy atom. The van der Waals surface area contributed by atoms with E-state index in [4.69, 9.17) is 14.2 Å². The van der Waals surface area contributed by atoms with Crippen molar-refractivity contribution in [3.8, 4) is 17.2 Å². The Morgan fingerprint density at radius 3 is 2.32 bits per heavy atom. The number of rotatable bonds is 13. The predicted molar refractivity (Wildman–Crippen MR) is 162 cm³/mol. The van der Waals surface area contributed by atoms with Crippen LogP contribution in [-0.2, 0) is 21.2 Å². The molecule has 1 amide bonds. The smallest absolute Gasteiger partial charge is 0.264 e. The average molecular weight is 577 g/mol. The zero-order chi connectivity index (χ0) is 29.4. The van der Waals surface area contributed by atoms with Crippen LogP contribution in [-0.4, -0.2) is 48.2 Å². The van der Waals surface area contributed by atoms with Crippen LogP contribution in [0.3, 0.4) is 0 Å². The minimum Gasteiger partial charge on any atom is -0.494 e. The molecule has 0 aliphatic rings.